The van der Waals surface area contributed by atoms with Crippen LogP contribution in [0.5, 0.6) is 0 Å². The molecule has 0 fully saturated rings. The molecule has 0 unspecified atom stereocenters. The van der Waals surface area contributed by atoms with Crippen LogP contribution in [-0.4, -0.2) is 32.3 Å². The van der Waals surface area contributed by atoms with Gasteiger partial charge in [0.25, 0.3) is 5.91 Å². The Morgan fingerprint density at radius 3 is 2.66 bits per heavy atom. The van der Waals surface area contributed by atoms with Crippen molar-refractivity contribution in [1.29, 1.82) is 0 Å². The molecule has 0 spiro atoms. The summed E-state index contributed by atoms with van der Waals surface area (Å²) >= 11 is 7.21. The van der Waals surface area contributed by atoms with E-state index in [0.29, 0.717) is 33.8 Å². The molecule has 7 nitrogen and oxygen atoms in total. The number of thioether (sulfide) groups is 1. The van der Waals surface area contributed by atoms with E-state index in [2.05, 4.69) is 27.4 Å². The first-order valence-corrected chi connectivity index (χ1v) is 11.3. The maximum absolute atomic E-state index is 12.6. The number of anilines is 1. The van der Waals surface area contributed by atoms with Crippen molar-refractivity contribution in [3.63, 3.8) is 0 Å². The molecule has 0 aliphatic heterocycles. The molecule has 0 saturated heterocycles. The number of carbonyl (C=O) groups excluding carboxylic acids is 2. The van der Waals surface area contributed by atoms with Gasteiger partial charge in [0.2, 0.25) is 5.91 Å². The van der Waals surface area contributed by atoms with Crippen molar-refractivity contribution in [2.24, 2.45) is 0 Å². The number of amides is 2. The number of aromatic nitrogens is 3. The normalized spacial score (nSPS) is 11.6. The van der Waals surface area contributed by atoms with Crippen LogP contribution in [0.3, 0.4) is 0 Å². The summed E-state index contributed by atoms with van der Waals surface area (Å²) in [5, 5.41) is 15.3. The molecule has 0 saturated carbocycles. The first-order chi connectivity index (χ1) is 15.4. The van der Waals surface area contributed by atoms with Crippen molar-refractivity contribution in [2.75, 3.05) is 11.1 Å². The van der Waals surface area contributed by atoms with Crippen LogP contribution in [-0.2, 0) is 11.3 Å². The molecule has 166 valence electrons. The molecule has 1 aromatic heterocycles. The van der Waals surface area contributed by atoms with E-state index in [-0.39, 0.29) is 23.6 Å². The lowest BCUT2D eigenvalue weighted by Gasteiger charge is -2.15. The van der Waals surface area contributed by atoms with Crippen molar-refractivity contribution in [3.8, 4) is 0 Å². The zero-order chi connectivity index (χ0) is 23.1. The van der Waals surface area contributed by atoms with Gasteiger partial charge in [-0.05, 0) is 44.2 Å². The van der Waals surface area contributed by atoms with Crippen LogP contribution in [0.4, 0.5) is 5.69 Å². The molecule has 1 heterocycles. The molecule has 2 amide bonds. The molecule has 0 radical (unpaired) electrons. The van der Waals surface area contributed by atoms with Gasteiger partial charge in [-0.15, -0.1) is 16.8 Å². The number of aryl methyl sites for hydroxylation is 1. The van der Waals surface area contributed by atoms with E-state index in [9.17, 15) is 9.59 Å². The maximum atomic E-state index is 12.6. The summed E-state index contributed by atoms with van der Waals surface area (Å²) in [5.74, 6) is 0.350. The Labute approximate surface area is 196 Å². The molecule has 0 aliphatic rings. The van der Waals surface area contributed by atoms with Crippen LogP contribution in [0.1, 0.15) is 34.7 Å². The summed E-state index contributed by atoms with van der Waals surface area (Å²) in [6, 6.07) is 13.9. The van der Waals surface area contributed by atoms with E-state index in [0.717, 1.165) is 5.56 Å². The largest absolute Gasteiger partial charge is 0.342 e. The second-order valence-electron chi connectivity index (χ2n) is 7.15. The summed E-state index contributed by atoms with van der Waals surface area (Å²) in [7, 11) is 0. The highest BCUT2D eigenvalue weighted by Crippen LogP contribution is 2.22. The van der Waals surface area contributed by atoms with Gasteiger partial charge in [-0.1, -0.05) is 53.2 Å². The maximum Gasteiger partial charge on any atom is 0.251 e. The van der Waals surface area contributed by atoms with Gasteiger partial charge in [0.1, 0.15) is 0 Å². The Kier molecular flexibility index (Phi) is 8.08. The van der Waals surface area contributed by atoms with Crippen molar-refractivity contribution >= 4 is 40.9 Å². The fourth-order valence-corrected chi connectivity index (χ4v) is 3.92. The lowest BCUT2D eigenvalue weighted by molar-refractivity contribution is -0.113. The minimum Gasteiger partial charge on any atom is -0.342 e. The van der Waals surface area contributed by atoms with Gasteiger partial charge in [0, 0.05) is 22.8 Å². The Morgan fingerprint density at radius 2 is 1.97 bits per heavy atom. The topological polar surface area (TPSA) is 88.9 Å². The smallest absolute Gasteiger partial charge is 0.251 e. The Morgan fingerprint density at radius 1 is 1.22 bits per heavy atom. The third-order valence-electron chi connectivity index (χ3n) is 4.55. The predicted molar refractivity (Wildman–Crippen MR) is 128 cm³/mol. The van der Waals surface area contributed by atoms with Crippen LogP contribution in [0.25, 0.3) is 0 Å². The van der Waals surface area contributed by atoms with E-state index in [1.165, 1.54) is 11.8 Å². The number of nitrogens with one attached hydrogen (secondary N) is 2. The van der Waals surface area contributed by atoms with Gasteiger partial charge in [-0.2, -0.15) is 0 Å². The highest BCUT2D eigenvalue weighted by molar-refractivity contribution is 7.99. The molecule has 3 rings (SSSR count). The van der Waals surface area contributed by atoms with Crippen molar-refractivity contribution in [1.82, 2.24) is 20.1 Å². The van der Waals surface area contributed by atoms with Crippen LogP contribution in [0, 0.1) is 6.92 Å². The molecule has 2 N–H and O–H groups in total. The number of hydrogen-bond acceptors (Lipinski definition) is 5. The number of allylic oxidation sites excluding steroid dienone is 1. The quantitative estimate of drug-likeness (QED) is 0.352. The van der Waals surface area contributed by atoms with Gasteiger partial charge >= 0.3 is 0 Å². The summed E-state index contributed by atoms with van der Waals surface area (Å²) in [5.41, 5.74) is 2.29. The Hall–Kier alpha value is -3.10. The zero-order valence-electron chi connectivity index (χ0n) is 17.8. The monoisotopic (exact) mass is 469 g/mol. The number of nitrogens with zero attached hydrogens (tertiary/aromatic N) is 3. The minimum atomic E-state index is -0.383. The second kappa shape index (κ2) is 11.0. The van der Waals surface area contributed by atoms with Crippen LogP contribution in [0.2, 0.25) is 5.02 Å². The van der Waals surface area contributed by atoms with Gasteiger partial charge in [0.05, 0.1) is 11.8 Å². The number of halogens is 1. The lowest BCUT2D eigenvalue weighted by atomic mass is 10.1. The zero-order valence-corrected chi connectivity index (χ0v) is 19.4. The van der Waals surface area contributed by atoms with Crippen LogP contribution < -0.4 is 10.6 Å². The summed E-state index contributed by atoms with van der Waals surface area (Å²) < 4.78 is 1.84. The average Bonchev–Trinajstić information content (AvgIpc) is 3.15. The molecule has 1 atom stereocenters. The molecule has 32 heavy (non-hydrogen) atoms. The lowest BCUT2D eigenvalue weighted by Crippen LogP contribution is -2.28. The number of rotatable bonds is 9. The molecule has 9 heteroatoms. The summed E-state index contributed by atoms with van der Waals surface area (Å²) in [6.07, 6.45) is 1.72. The molecule has 3 aromatic rings. The fraction of sp³-hybridized carbons (Fsp3) is 0.217. The third kappa shape index (κ3) is 6.21. The minimum absolute atomic E-state index is 0.145. The van der Waals surface area contributed by atoms with Gasteiger partial charge < -0.3 is 15.2 Å². The highest BCUT2D eigenvalue weighted by Gasteiger charge is 2.20. The summed E-state index contributed by atoms with van der Waals surface area (Å²) in [4.78, 5) is 24.9. The van der Waals surface area contributed by atoms with Crippen molar-refractivity contribution < 1.29 is 9.59 Å². The van der Waals surface area contributed by atoms with E-state index < -0.39 is 0 Å². The van der Waals surface area contributed by atoms with Crippen LogP contribution in [0.15, 0.2) is 66.3 Å². The molecule has 0 aliphatic carbocycles. The van der Waals surface area contributed by atoms with Gasteiger partial charge in [0.15, 0.2) is 11.0 Å². The van der Waals surface area contributed by atoms with E-state index in [1.807, 2.05) is 30.5 Å². The van der Waals surface area contributed by atoms with E-state index in [4.69, 9.17) is 11.6 Å². The molecule has 0 bridgehead atoms. The first-order valence-electron chi connectivity index (χ1n) is 9.97. The fourth-order valence-electron chi connectivity index (χ4n) is 2.97. The second-order valence-corrected chi connectivity index (χ2v) is 8.53. The molecular weight excluding hydrogens is 446 g/mol. The van der Waals surface area contributed by atoms with Crippen molar-refractivity contribution in [3.05, 3.63) is 83.2 Å². The number of benzene rings is 2. The molecular formula is C23H24ClN5O2S. The average molecular weight is 470 g/mol. The van der Waals surface area contributed by atoms with E-state index >= 15 is 0 Å². The number of hydrogen-bond donors (Lipinski definition) is 2. The van der Waals surface area contributed by atoms with Crippen molar-refractivity contribution in [2.45, 2.75) is 31.6 Å². The summed E-state index contributed by atoms with van der Waals surface area (Å²) in [6.45, 7) is 8.05. The highest BCUT2D eigenvalue weighted by atomic mass is 35.5. The Balaban J connectivity index is 1.66. The van der Waals surface area contributed by atoms with Gasteiger partial charge in [-0.3, -0.25) is 9.59 Å². The van der Waals surface area contributed by atoms with Gasteiger partial charge in [-0.25, -0.2) is 0 Å². The predicted octanol–water partition coefficient (Wildman–Crippen LogP) is 4.65. The van der Waals surface area contributed by atoms with E-state index in [1.54, 1.807) is 42.5 Å². The van der Waals surface area contributed by atoms with Crippen LogP contribution >= 0.6 is 23.4 Å². The SMILES string of the molecule is C=CCn1c(SCC(=O)Nc2cccc(Cl)c2)nnc1[C@H](C)NC(=O)c1ccc(C)cc1. The number of carbonyl (C=O) groups is 2. The molecule has 2 aromatic carbocycles. The standard InChI is InChI=1S/C23H24ClN5O2S/c1-4-12-29-21(16(3)25-22(31)17-10-8-15(2)9-11-17)27-28-23(29)32-14-20(30)26-19-7-5-6-18(24)13-19/h4-11,13,16H,1,12,14H2,2-3H3,(H,25,31)(H,26,30)/t16-/m0/s1. The third-order valence-corrected chi connectivity index (χ3v) is 5.75. The first kappa shape index (κ1) is 23.6. The Bertz CT molecular complexity index is 1110.